The largest absolute Gasteiger partial charge is 0.496 e. The second-order valence-corrected chi connectivity index (χ2v) is 7.66. The highest BCUT2D eigenvalue weighted by atomic mass is 16.5. The number of aromatic nitrogens is 2. The predicted molar refractivity (Wildman–Crippen MR) is 126 cm³/mol. The summed E-state index contributed by atoms with van der Waals surface area (Å²) in [4.78, 5) is 16.4. The van der Waals surface area contributed by atoms with Gasteiger partial charge in [0.1, 0.15) is 11.3 Å². The monoisotopic (exact) mass is 422 g/mol. The number of rotatable bonds is 5. The first kappa shape index (κ1) is 19.8. The van der Waals surface area contributed by atoms with Gasteiger partial charge < -0.3 is 14.0 Å². The Morgan fingerprint density at radius 3 is 2.47 bits per heavy atom. The lowest BCUT2D eigenvalue weighted by atomic mass is 9.98. The average Bonchev–Trinajstić information content (AvgIpc) is 3.25. The molecule has 0 bridgehead atoms. The van der Waals surface area contributed by atoms with E-state index in [1.807, 2.05) is 36.7 Å². The number of hydrogen-bond donors (Lipinski definition) is 0. The molecule has 0 atom stereocenters. The van der Waals surface area contributed by atoms with E-state index in [1.54, 1.807) is 13.2 Å². The second kappa shape index (κ2) is 8.19. The standard InChI is InChI=1S/C27H22N2O3/c1-31-26-15-22(11-12-23(26)27(30)32-2)21-10-9-19-13-18(7-8-20(19)14-21)16-29-17-28-24-5-3-4-6-25(24)29/h3-15,17H,16H2,1-2H3. The number of imidazole rings is 1. The molecule has 0 saturated heterocycles. The molecule has 0 radical (unpaired) electrons. The van der Waals surface area contributed by atoms with Crippen molar-refractivity contribution in [3.63, 3.8) is 0 Å². The number of carbonyl (C=O) groups is 1. The van der Waals surface area contributed by atoms with Crippen LogP contribution >= 0.6 is 0 Å². The van der Waals surface area contributed by atoms with E-state index in [0.29, 0.717) is 11.3 Å². The molecule has 0 amide bonds. The Labute approximate surface area is 185 Å². The number of nitrogens with zero attached hydrogens (tertiary/aromatic N) is 2. The third-order valence-electron chi connectivity index (χ3n) is 5.73. The van der Waals surface area contributed by atoms with Crippen molar-refractivity contribution >= 4 is 27.8 Å². The van der Waals surface area contributed by atoms with Crippen LogP contribution in [0.4, 0.5) is 0 Å². The van der Waals surface area contributed by atoms with Gasteiger partial charge in [-0.05, 0) is 63.9 Å². The minimum atomic E-state index is -0.412. The van der Waals surface area contributed by atoms with Crippen LogP contribution in [0.5, 0.6) is 5.75 Å². The molecule has 1 heterocycles. The molecule has 5 aromatic rings. The van der Waals surface area contributed by atoms with Crippen LogP contribution in [0.2, 0.25) is 0 Å². The van der Waals surface area contributed by atoms with Gasteiger partial charge in [0.05, 0.1) is 31.6 Å². The maximum atomic E-state index is 11.9. The molecule has 0 spiro atoms. The highest BCUT2D eigenvalue weighted by Crippen LogP contribution is 2.30. The summed E-state index contributed by atoms with van der Waals surface area (Å²) in [5, 5.41) is 2.33. The van der Waals surface area contributed by atoms with Crippen molar-refractivity contribution in [3.05, 3.63) is 96.3 Å². The highest BCUT2D eigenvalue weighted by molar-refractivity contribution is 5.94. The van der Waals surface area contributed by atoms with Gasteiger partial charge >= 0.3 is 5.97 Å². The molecule has 1 aromatic heterocycles. The molecular formula is C27H22N2O3. The number of fused-ring (bicyclic) bond motifs is 2. The molecule has 5 heteroatoms. The molecule has 0 aliphatic heterocycles. The summed E-state index contributed by atoms with van der Waals surface area (Å²) in [5.74, 6) is 0.0856. The zero-order chi connectivity index (χ0) is 22.1. The molecule has 0 aliphatic rings. The molecule has 5 nitrogen and oxygen atoms in total. The first-order valence-electron chi connectivity index (χ1n) is 10.4. The van der Waals surface area contributed by atoms with Crippen molar-refractivity contribution in [2.45, 2.75) is 6.54 Å². The Hall–Kier alpha value is -4.12. The molecule has 32 heavy (non-hydrogen) atoms. The molecule has 0 fully saturated rings. The van der Waals surface area contributed by atoms with Gasteiger partial charge in [0.2, 0.25) is 0 Å². The minimum absolute atomic E-state index is 0.412. The van der Waals surface area contributed by atoms with Crippen molar-refractivity contribution in [2.75, 3.05) is 14.2 Å². The Bertz CT molecular complexity index is 1450. The van der Waals surface area contributed by atoms with E-state index < -0.39 is 5.97 Å². The zero-order valence-electron chi connectivity index (χ0n) is 17.9. The fraction of sp³-hybridized carbons (Fsp3) is 0.111. The summed E-state index contributed by atoms with van der Waals surface area (Å²) >= 11 is 0. The summed E-state index contributed by atoms with van der Waals surface area (Å²) in [6.45, 7) is 0.768. The van der Waals surface area contributed by atoms with Crippen LogP contribution in [-0.2, 0) is 11.3 Å². The highest BCUT2D eigenvalue weighted by Gasteiger charge is 2.14. The van der Waals surface area contributed by atoms with Crippen molar-refractivity contribution in [2.24, 2.45) is 0 Å². The van der Waals surface area contributed by atoms with Crippen molar-refractivity contribution in [1.29, 1.82) is 0 Å². The maximum Gasteiger partial charge on any atom is 0.341 e. The lowest BCUT2D eigenvalue weighted by molar-refractivity contribution is 0.0597. The van der Waals surface area contributed by atoms with Gasteiger partial charge in [-0.1, -0.05) is 42.5 Å². The number of para-hydroxylation sites is 2. The molecule has 0 aliphatic carbocycles. The van der Waals surface area contributed by atoms with Gasteiger partial charge in [-0.15, -0.1) is 0 Å². The SMILES string of the molecule is COC(=O)c1ccc(-c2ccc3cc(Cn4cnc5ccccc54)ccc3c2)cc1OC. The van der Waals surface area contributed by atoms with Crippen LogP contribution in [0, 0.1) is 0 Å². The summed E-state index contributed by atoms with van der Waals surface area (Å²) < 4.78 is 12.4. The van der Waals surface area contributed by atoms with E-state index in [1.165, 1.54) is 18.1 Å². The second-order valence-electron chi connectivity index (χ2n) is 7.66. The Morgan fingerprint density at radius 1 is 0.875 bits per heavy atom. The normalized spacial score (nSPS) is 11.1. The number of carbonyl (C=O) groups excluding carboxylic acids is 1. The summed E-state index contributed by atoms with van der Waals surface area (Å²) in [6, 6.07) is 26.6. The van der Waals surface area contributed by atoms with Crippen LogP contribution in [-0.4, -0.2) is 29.7 Å². The van der Waals surface area contributed by atoms with Gasteiger partial charge in [0.15, 0.2) is 0 Å². The van der Waals surface area contributed by atoms with E-state index in [2.05, 4.69) is 52.0 Å². The lowest BCUT2D eigenvalue weighted by Gasteiger charge is -2.11. The van der Waals surface area contributed by atoms with E-state index >= 15 is 0 Å². The van der Waals surface area contributed by atoms with E-state index in [4.69, 9.17) is 9.47 Å². The summed E-state index contributed by atoms with van der Waals surface area (Å²) in [7, 11) is 2.92. The minimum Gasteiger partial charge on any atom is -0.496 e. The molecule has 0 saturated carbocycles. The Balaban J connectivity index is 1.46. The predicted octanol–water partition coefficient (Wildman–Crippen LogP) is 5.70. The first-order chi connectivity index (χ1) is 15.7. The van der Waals surface area contributed by atoms with Crippen LogP contribution in [0.25, 0.3) is 32.9 Å². The van der Waals surface area contributed by atoms with Crippen LogP contribution < -0.4 is 4.74 Å². The van der Waals surface area contributed by atoms with Gasteiger partial charge in [0.25, 0.3) is 0 Å². The van der Waals surface area contributed by atoms with Gasteiger partial charge in [-0.2, -0.15) is 0 Å². The molecule has 158 valence electrons. The fourth-order valence-electron chi connectivity index (χ4n) is 4.06. The Morgan fingerprint density at radius 2 is 1.62 bits per heavy atom. The third kappa shape index (κ3) is 3.58. The molecule has 4 aromatic carbocycles. The van der Waals surface area contributed by atoms with Crippen molar-refractivity contribution in [3.8, 4) is 16.9 Å². The number of methoxy groups -OCH3 is 2. The van der Waals surface area contributed by atoms with E-state index in [9.17, 15) is 4.79 Å². The topological polar surface area (TPSA) is 53.4 Å². The molecular weight excluding hydrogens is 400 g/mol. The van der Waals surface area contributed by atoms with Crippen LogP contribution in [0.3, 0.4) is 0 Å². The number of hydrogen-bond acceptors (Lipinski definition) is 4. The van der Waals surface area contributed by atoms with Gasteiger partial charge in [-0.25, -0.2) is 9.78 Å². The molecule has 0 N–H and O–H groups in total. The smallest absolute Gasteiger partial charge is 0.341 e. The number of esters is 1. The fourth-order valence-corrected chi connectivity index (χ4v) is 4.06. The average molecular weight is 422 g/mol. The van der Waals surface area contributed by atoms with Crippen LogP contribution in [0.1, 0.15) is 15.9 Å². The van der Waals surface area contributed by atoms with Gasteiger partial charge in [0, 0.05) is 6.54 Å². The first-order valence-corrected chi connectivity index (χ1v) is 10.4. The van der Waals surface area contributed by atoms with E-state index in [0.717, 1.165) is 34.1 Å². The van der Waals surface area contributed by atoms with Gasteiger partial charge in [-0.3, -0.25) is 0 Å². The molecule has 5 rings (SSSR count). The summed E-state index contributed by atoms with van der Waals surface area (Å²) in [5.41, 5.74) is 5.80. The zero-order valence-corrected chi connectivity index (χ0v) is 17.9. The number of ether oxygens (including phenoxy) is 2. The van der Waals surface area contributed by atoms with Crippen molar-refractivity contribution in [1.82, 2.24) is 9.55 Å². The Kier molecular flexibility index (Phi) is 5.07. The molecule has 0 unspecified atom stereocenters. The summed E-state index contributed by atoms with van der Waals surface area (Å²) in [6.07, 6.45) is 1.89. The quantitative estimate of drug-likeness (QED) is 0.341. The van der Waals surface area contributed by atoms with Crippen LogP contribution in [0.15, 0.2) is 85.2 Å². The van der Waals surface area contributed by atoms with E-state index in [-0.39, 0.29) is 0 Å². The third-order valence-corrected chi connectivity index (χ3v) is 5.73. The van der Waals surface area contributed by atoms with Crippen molar-refractivity contribution < 1.29 is 14.3 Å². The lowest BCUT2D eigenvalue weighted by Crippen LogP contribution is -2.04. The maximum absolute atomic E-state index is 11.9. The number of benzene rings is 4.